The predicted molar refractivity (Wildman–Crippen MR) is 72.0 cm³/mol. The number of hydrogen-bond donors (Lipinski definition) is 2. The molecule has 0 bridgehead atoms. The van der Waals surface area contributed by atoms with Crippen molar-refractivity contribution in [2.75, 3.05) is 0 Å². The summed E-state index contributed by atoms with van der Waals surface area (Å²) >= 11 is 6.32. The Balaban J connectivity index is 1.83. The van der Waals surface area contributed by atoms with Gasteiger partial charge in [0.15, 0.2) is 0 Å². The molecule has 3 N–H and O–H groups in total. The van der Waals surface area contributed by atoms with Crippen molar-refractivity contribution in [3.05, 3.63) is 23.4 Å². The van der Waals surface area contributed by atoms with Crippen molar-refractivity contribution < 1.29 is 4.74 Å². The van der Waals surface area contributed by atoms with Crippen LogP contribution in [0.4, 0.5) is 0 Å². The first-order valence-electron chi connectivity index (χ1n) is 6.28. The third-order valence-electron chi connectivity index (χ3n) is 3.48. The minimum atomic E-state index is 0.176. The van der Waals surface area contributed by atoms with Gasteiger partial charge >= 0.3 is 0 Å². The Morgan fingerprint density at radius 1 is 1.39 bits per heavy atom. The number of rotatable bonds is 2. The second kappa shape index (κ2) is 4.78. The van der Waals surface area contributed by atoms with E-state index in [4.69, 9.17) is 22.1 Å². The van der Waals surface area contributed by atoms with Crippen molar-refractivity contribution in [3.63, 3.8) is 0 Å². The summed E-state index contributed by atoms with van der Waals surface area (Å²) in [7, 11) is 0. The first kappa shape index (κ1) is 11.8. The maximum absolute atomic E-state index is 6.32. The molecule has 1 aromatic carbocycles. The molecule has 0 spiro atoms. The van der Waals surface area contributed by atoms with E-state index in [0.717, 1.165) is 42.3 Å². The van der Waals surface area contributed by atoms with Crippen LogP contribution in [-0.2, 0) is 0 Å². The summed E-state index contributed by atoms with van der Waals surface area (Å²) in [5.74, 6) is 0.727. The second-order valence-electron chi connectivity index (χ2n) is 4.88. The molecule has 0 saturated heterocycles. The van der Waals surface area contributed by atoms with Crippen LogP contribution in [-0.4, -0.2) is 22.3 Å². The van der Waals surface area contributed by atoms with Gasteiger partial charge in [-0.25, -0.2) is 0 Å². The van der Waals surface area contributed by atoms with Gasteiger partial charge in [-0.05, 0) is 37.8 Å². The van der Waals surface area contributed by atoms with Crippen LogP contribution in [0.2, 0.25) is 5.02 Å². The van der Waals surface area contributed by atoms with E-state index in [1.807, 2.05) is 12.1 Å². The molecule has 0 aliphatic heterocycles. The first-order valence-corrected chi connectivity index (χ1v) is 6.65. The molecule has 1 saturated carbocycles. The maximum Gasteiger partial charge on any atom is 0.139 e. The number of aromatic amines is 1. The molecule has 1 fully saturated rings. The highest BCUT2D eigenvalue weighted by Gasteiger charge is 2.21. The molecule has 3 rings (SSSR count). The van der Waals surface area contributed by atoms with Crippen molar-refractivity contribution in [2.45, 2.75) is 37.8 Å². The lowest BCUT2D eigenvalue weighted by Gasteiger charge is -2.27. The zero-order valence-electron chi connectivity index (χ0n) is 10.0. The second-order valence-corrected chi connectivity index (χ2v) is 5.25. The molecular weight excluding hydrogens is 250 g/mol. The minimum Gasteiger partial charge on any atom is -0.489 e. The number of ether oxygens (including phenoxy) is 1. The van der Waals surface area contributed by atoms with Crippen molar-refractivity contribution in [1.82, 2.24) is 10.2 Å². The van der Waals surface area contributed by atoms with Crippen LogP contribution in [0.5, 0.6) is 5.75 Å². The van der Waals surface area contributed by atoms with E-state index in [1.165, 1.54) is 0 Å². The number of hydrogen-bond acceptors (Lipinski definition) is 3. The van der Waals surface area contributed by atoms with E-state index in [2.05, 4.69) is 10.2 Å². The molecule has 1 aromatic heterocycles. The fraction of sp³-hybridized carbons (Fsp3) is 0.462. The van der Waals surface area contributed by atoms with Crippen molar-refractivity contribution in [2.24, 2.45) is 5.73 Å². The van der Waals surface area contributed by atoms with E-state index in [1.54, 1.807) is 6.20 Å². The number of fused-ring (bicyclic) bond motifs is 1. The Labute approximate surface area is 110 Å². The van der Waals surface area contributed by atoms with E-state index < -0.39 is 0 Å². The molecule has 0 amide bonds. The molecular formula is C13H16ClN3O. The summed E-state index contributed by atoms with van der Waals surface area (Å²) in [6.07, 6.45) is 6.06. The van der Waals surface area contributed by atoms with Crippen LogP contribution in [0.25, 0.3) is 10.9 Å². The Kier molecular flexibility index (Phi) is 3.14. The molecule has 2 atom stereocenters. The van der Waals surface area contributed by atoms with Crippen LogP contribution in [0.3, 0.4) is 0 Å². The fourth-order valence-corrected chi connectivity index (χ4v) is 2.78. The number of nitrogens with one attached hydrogen (secondary N) is 1. The van der Waals surface area contributed by atoms with Crippen molar-refractivity contribution in [3.8, 4) is 5.75 Å². The van der Waals surface area contributed by atoms with Crippen LogP contribution in [0.1, 0.15) is 25.7 Å². The van der Waals surface area contributed by atoms with Gasteiger partial charge in [-0.2, -0.15) is 5.10 Å². The summed E-state index contributed by atoms with van der Waals surface area (Å²) in [4.78, 5) is 0. The Bertz CT molecular complexity index is 554. The van der Waals surface area contributed by atoms with Crippen LogP contribution in [0, 0.1) is 0 Å². The maximum atomic E-state index is 6.32. The van der Waals surface area contributed by atoms with Gasteiger partial charge < -0.3 is 10.5 Å². The molecule has 1 heterocycles. The standard InChI is InChI=1S/C13H16ClN3O/c14-13-10-7-16-17-11(10)4-5-12(13)18-9-3-1-2-8(15)6-9/h4-5,7-9H,1-3,6,15H2,(H,16,17)/t8-,9+/m0/s1. The van der Waals surface area contributed by atoms with E-state index >= 15 is 0 Å². The smallest absolute Gasteiger partial charge is 0.139 e. The highest BCUT2D eigenvalue weighted by Crippen LogP contribution is 2.34. The quantitative estimate of drug-likeness (QED) is 0.878. The lowest BCUT2D eigenvalue weighted by Crippen LogP contribution is -2.33. The highest BCUT2D eigenvalue weighted by atomic mass is 35.5. The van der Waals surface area contributed by atoms with E-state index in [0.29, 0.717) is 5.02 Å². The van der Waals surface area contributed by atoms with Gasteiger partial charge in [0.1, 0.15) is 11.9 Å². The molecule has 1 aliphatic carbocycles. The number of nitrogens with two attached hydrogens (primary N) is 1. The van der Waals surface area contributed by atoms with Crippen LogP contribution in [0.15, 0.2) is 18.3 Å². The zero-order valence-corrected chi connectivity index (χ0v) is 10.8. The fourth-order valence-electron chi connectivity index (χ4n) is 2.52. The molecule has 0 radical (unpaired) electrons. The lowest BCUT2D eigenvalue weighted by molar-refractivity contribution is 0.145. The van der Waals surface area contributed by atoms with Gasteiger partial charge in [-0.3, -0.25) is 5.10 Å². The van der Waals surface area contributed by atoms with Gasteiger partial charge in [-0.1, -0.05) is 11.6 Å². The molecule has 18 heavy (non-hydrogen) atoms. The molecule has 0 unspecified atom stereocenters. The molecule has 4 nitrogen and oxygen atoms in total. The zero-order chi connectivity index (χ0) is 12.5. The van der Waals surface area contributed by atoms with Crippen molar-refractivity contribution in [1.29, 1.82) is 0 Å². The topological polar surface area (TPSA) is 63.9 Å². The third-order valence-corrected chi connectivity index (χ3v) is 3.87. The van der Waals surface area contributed by atoms with Crippen LogP contribution >= 0.6 is 11.6 Å². The van der Waals surface area contributed by atoms with E-state index in [9.17, 15) is 0 Å². The number of benzene rings is 1. The molecule has 5 heteroatoms. The van der Waals surface area contributed by atoms with Crippen LogP contribution < -0.4 is 10.5 Å². The minimum absolute atomic E-state index is 0.176. The van der Waals surface area contributed by atoms with Crippen molar-refractivity contribution >= 4 is 22.5 Å². The first-order chi connectivity index (χ1) is 8.74. The number of aromatic nitrogens is 2. The monoisotopic (exact) mass is 265 g/mol. The van der Waals surface area contributed by atoms with Gasteiger partial charge in [0.25, 0.3) is 0 Å². The van der Waals surface area contributed by atoms with Gasteiger partial charge in [-0.15, -0.1) is 0 Å². The predicted octanol–water partition coefficient (Wildman–Crippen LogP) is 2.87. The highest BCUT2D eigenvalue weighted by molar-refractivity contribution is 6.36. The summed E-state index contributed by atoms with van der Waals surface area (Å²) < 4.78 is 5.98. The molecule has 96 valence electrons. The SMILES string of the molecule is N[C@H]1CCC[C@@H](Oc2ccc3[nH]ncc3c2Cl)C1. The average Bonchev–Trinajstić information content (AvgIpc) is 2.82. The summed E-state index contributed by atoms with van der Waals surface area (Å²) in [6, 6.07) is 4.08. The number of H-pyrrole nitrogens is 1. The summed E-state index contributed by atoms with van der Waals surface area (Å²) in [6.45, 7) is 0. The Morgan fingerprint density at radius 2 is 2.28 bits per heavy atom. The van der Waals surface area contributed by atoms with Gasteiger partial charge in [0.2, 0.25) is 0 Å². The van der Waals surface area contributed by atoms with Gasteiger partial charge in [0, 0.05) is 11.4 Å². The summed E-state index contributed by atoms with van der Waals surface area (Å²) in [5.41, 5.74) is 6.89. The summed E-state index contributed by atoms with van der Waals surface area (Å²) in [5, 5.41) is 8.39. The lowest BCUT2D eigenvalue weighted by atomic mass is 9.93. The average molecular weight is 266 g/mol. The number of halogens is 1. The number of nitrogens with zero attached hydrogens (tertiary/aromatic N) is 1. The molecule has 1 aliphatic rings. The van der Waals surface area contributed by atoms with E-state index in [-0.39, 0.29) is 12.1 Å². The normalized spacial score (nSPS) is 24.3. The largest absolute Gasteiger partial charge is 0.489 e. The Hall–Kier alpha value is -1.26. The molecule has 2 aromatic rings. The van der Waals surface area contributed by atoms with Gasteiger partial charge in [0.05, 0.1) is 16.7 Å². The third kappa shape index (κ3) is 2.18. The Morgan fingerprint density at radius 3 is 3.11 bits per heavy atom.